The van der Waals surface area contributed by atoms with Crippen LogP contribution in [0.25, 0.3) is 0 Å². The minimum atomic E-state index is -3.58. The van der Waals surface area contributed by atoms with Gasteiger partial charge >= 0.3 is 0 Å². The first-order valence-corrected chi connectivity index (χ1v) is 10.2. The number of sulfonamides is 1. The summed E-state index contributed by atoms with van der Waals surface area (Å²) in [6.45, 7) is 5.68. The van der Waals surface area contributed by atoms with Crippen molar-refractivity contribution in [3.05, 3.63) is 24.3 Å². The van der Waals surface area contributed by atoms with E-state index in [1.807, 2.05) is 13.8 Å². The highest BCUT2D eigenvalue weighted by Crippen LogP contribution is 2.26. The molecule has 0 spiro atoms. The maximum atomic E-state index is 12.8. The Bertz CT molecular complexity index is 652. The minimum absolute atomic E-state index is 0.116. The van der Waals surface area contributed by atoms with Gasteiger partial charge in [0.25, 0.3) is 0 Å². The monoisotopic (exact) mass is 354 g/mol. The van der Waals surface area contributed by atoms with Crippen LogP contribution in [0.4, 0.5) is 5.69 Å². The van der Waals surface area contributed by atoms with Crippen molar-refractivity contribution < 1.29 is 17.9 Å². The zero-order valence-electron chi connectivity index (χ0n) is 14.6. The number of anilines is 1. The molecule has 1 amide bonds. The number of ether oxygens (including phenoxy) is 1. The zero-order valence-corrected chi connectivity index (χ0v) is 15.4. The lowest BCUT2D eigenvalue weighted by atomic mass is 10.1. The summed E-state index contributed by atoms with van der Waals surface area (Å²) in [7, 11) is -3.58. The first kappa shape index (κ1) is 18.6. The van der Waals surface area contributed by atoms with Crippen LogP contribution in [0.5, 0.6) is 5.75 Å². The lowest BCUT2D eigenvalue weighted by molar-refractivity contribution is -0.131. The van der Waals surface area contributed by atoms with Crippen molar-refractivity contribution in [3.8, 4) is 5.75 Å². The van der Waals surface area contributed by atoms with Crippen LogP contribution in [0.3, 0.4) is 0 Å². The molecule has 24 heavy (non-hydrogen) atoms. The first-order chi connectivity index (χ1) is 11.4. The molecule has 0 aliphatic carbocycles. The fourth-order valence-electron chi connectivity index (χ4n) is 3.05. The Morgan fingerprint density at radius 1 is 1.21 bits per heavy atom. The summed E-state index contributed by atoms with van der Waals surface area (Å²) in [6, 6.07) is 6.11. The highest BCUT2D eigenvalue weighted by Gasteiger charge is 2.34. The molecule has 7 heteroatoms. The second kappa shape index (κ2) is 7.88. The van der Waals surface area contributed by atoms with Gasteiger partial charge in [-0.25, -0.2) is 8.42 Å². The lowest BCUT2D eigenvalue weighted by Gasteiger charge is -2.32. The van der Waals surface area contributed by atoms with E-state index in [0.29, 0.717) is 37.6 Å². The number of nitrogens with zero attached hydrogens (tertiary/aromatic N) is 2. The standard InChI is InChI=1S/C17H26N2O4S/c1-4-16(17(20)18-12-6-7-13-18)19(24(3,21)22)14-8-10-15(11-9-14)23-5-2/h8-11,16H,4-7,12-13H2,1-3H3/t16-/m1/s1. The van der Waals surface area contributed by atoms with Crippen molar-refractivity contribution in [2.75, 3.05) is 30.3 Å². The Kier molecular flexibility index (Phi) is 6.10. The second-order valence-electron chi connectivity index (χ2n) is 5.94. The maximum Gasteiger partial charge on any atom is 0.246 e. The molecule has 1 atom stereocenters. The van der Waals surface area contributed by atoms with Gasteiger partial charge in [0.1, 0.15) is 11.8 Å². The van der Waals surface area contributed by atoms with Gasteiger partial charge in [0.2, 0.25) is 15.9 Å². The van der Waals surface area contributed by atoms with Gasteiger partial charge in [-0.05, 0) is 50.5 Å². The molecular formula is C17H26N2O4S. The van der Waals surface area contributed by atoms with Crippen molar-refractivity contribution in [2.24, 2.45) is 0 Å². The summed E-state index contributed by atoms with van der Waals surface area (Å²) in [4.78, 5) is 14.6. The van der Waals surface area contributed by atoms with Crippen LogP contribution < -0.4 is 9.04 Å². The molecule has 2 rings (SSSR count). The summed E-state index contributed by atoms with van der Waals surface area (Å²) < 4.78 is 31.4. The fourth-order valence-corrected chi connectivity index (χ4v) is 4.25. The quantitative estimate of drug-likeness (QED) is 0.753. The predicted molar refractivity (Wildman–Crippen MR) is 94.8 cm³/mol. The zero-order chi connectivity index (χ0) is 17.7. The van der Waals surface area contributed by atoms with E-state index in [2.05, 4.69) is 0 Å². The van der Waals surface area contributed by atoms with Gasteiger partial charge in [-0.1, -0.05) is 6.92 Å². The molecule has 1 heterocycles. The molecule has 0 unspecified atom stereocenters. The van der Waals surface area contributed by atoms with Crippen LogP contribution in [-0.4, -0.2) is 51.2 Å². The number of carbonyl (C=O) groups is 1. The van der Waals surface area contributed by atoms with Crippen molar-refractivity contribution in [1.29, 1.82) is 0 Å². The summed E-state index contributed by atoms with van der Waals surface area (Å²) in [5.41, 5.74) is 0.486. The molecule has 6 nitrogen and oxygen atoms in total. The summed E-state index contributed by atoms with van der Waals surface area (Å²) in [5.74, 6) is 0.558. The van der Waals surface area contributed by atoms with E-state index in [0.717, 1.165) is 19.1 Å². The van der Waals surface area contributed by atoms with Crippen molar-refractivity contribution in [1.82, 2.24) is 4.90 Å². The van der Waals surface area contributed by atoms with Crippen molar-refractivity contribution in [2.45, 2.75) is 39.2 Å². The van der Waals surface area contributed by atoms with E-state index in [-0.39, 0.29) is 5.91 Å². The van der Waals surface area contributed by atoms with Crippen molar-refractivity contribution >= 4 is 21.6 Å². The van der Waals surface area contributed by atoms with Gasteiger partial charge in [0.05, 0.1) is 18.6 Å². The van der Waals surface area contributed by atoms with E-state index in [4.69, 9.17) is 4.74 Å². The molecular weight excluding hydrogens is 328 g/mol. The Morgan fingerprint density at radius 3 is 2.25 bits per heavy atom. The molecule has 0 radical (unpaired) electrons. The van der Waals surface area contributed by atoms with Crippen LogP contribution in [0.15, 0.2) is 24.3 Å². The largest absolute Gasteiger partial charge is 0.494 e. The third-order valence-corrected chi connectivity index (χ3v) is 5.31. The third-order valence-electron chi connectivity index (χ3n) is 4.13. The Hall–Kier alpha value is -1.76. The van der Waals surface area contributed by atoms with E-state index >= 15 is 0 Å². The number of rotatable bonds is 7. The Morgan fingerprint density at radius 2 is 1.79 bits per heavy atom. The second-order valence-corrected chi connectivity index (χ2v) is 7.80. The van der Waals surface area contributed by atoms with Gasteiger partial charge in [-0.15, -0.1) is 0 Å². The van der Waals surface area contributed by atoms with Gasteiger partial charge in [0, 0.05) is 13.1 Å². The lowest BCUT2D eigenvalue weighted by Crippen LogP contribution is -2.50. The van der Waals surface area contributed by atoms with Crippen LogP contribution >= 0.6 is 0 Å². The van der Waals surface area contributed by atoms with Crippen LogP contribution in [0.1, 0.15) is 33.1 Å². The van der Waals surface area contributed by atoms with Crippen LogP contribution in [0, 0.1) is 0 Å². The van der Waals surface area contributed by atoms with E-state index in [1.54, 1.807) is 29.2 Å². The number of likely N-dealkylation sites (tertiary alicyclic amines) is 1. The average Bonchev–Trinajstić information content (AvgIpc) is 3.06. The van der Waals surface area contributed by atoms with Gasteiger partial charge in [-0.3, -0.25) is 9.10 Å². The number of amides is 1. The summed E-state index contributed by atoms with van der Waals surface area (Å²) in [5, 5.41) is 0. The van der Waals surface area contributed by atoms with E-state index in [9.17, 15) is 13.2 Å². The van der Waals surface area contributed by atoms with Crippen LogP contribution in [-0.2, 0) is 14.8 Å². The molecule has 1 aliphatic heterocycles. The Balaban J connectivity index is 2.34. The normalized spacial score (nSPS) is 16.0. The van der Waals surface area contributed by atoms with Gasteiger partial charge < -0.3 is 9.64 Å². The number of carbonyl (C=O) groups excluding carboxylic acids is 1. The highest BCUT2D eigenvalue weighted by molar-refractivity contribution is 7.92. The number of hydrogen-bond donors (Lipinski definition) is 0. The topological polar surface area (TPSA) is 66.9 Å². The molecule has 1 aromatic carbocycles. The van der Waals surface area contributed by atoms with E-state index < -0.39 is 16.1 Å². The van der Waals surface area contributed by atoms with Gasteiger partial charge in [-0.2, -0.15) is 0 Å². The smallest absolute Gasteiger partial charge is 0.246 e. The fraction of sp³-hybridized carbons (Fsp3) is 0.588. The molecule has 1 fully saturated rings. The molecule has 0 N–H and O–H groups in total. The Labute approximate surface area is 144 Å². The van der Waals surface area contributed by atoms with Gasteiger partial charge in [0.15, 0.2) is 0 Å². The first-order valence-electron chi connectivity index (χ1n) is 8.39. The molecule has 1 aliphatic rings. The molecule has 0 saturated carbocycles. The molecule has 0 bridgehead atoms. The summed E-state index contributed by atoms with van der Waals surface area (Å²) >= 11 is 0. The average molecular weight is 354 g/mol. The SMILES string of the molecule is CCOc1ccc(N([C@H](CC)C(=O)N2CCCC2)S(C)(=O)=O)cc1. The molecule has 134 valence electrons. The summed E-state index contributed by atoms with van der Waals surface area (Å²) in [6.07, 6.45) is 3.52. The predicted octanol–water partition coefficient (Wildman–Crippen LogP) is 2.25. The minimum Gasteiger partial charge on any atom is -0.494 e. The third kappa shape index (κ3) is 4.20. The molecule has 1 saturated heterocycles. The van der Waals surface area contributed by atoms with Crippen molar-refractivity contribution in [3.63, 3.8) is 0 Å². The molecule has 0 aromatic heterocycles. The highest BCUT2D eigenvalue weighted by atomic mass is 32.2. The van der Waals surface area contributed by atoms with Crippen LogP contribution in [0.2, 0.25) is 0 Å². The number of benzene rings is 1. The number of hydrogen-bond acceptors (Lipinski definition) is 4. The molecule has 1 aromatic rings. The van der Waals surface area contributed by atoms with E-state index in [1.165, 1.54) is 4.31 Å². The maximum absolute atomic E-state index is 12.8.